The first-order valence-corrected chi connectivity index (χ1v) is 6.46. The number of ether oxygens (including phenoxy) is 1. The van der Waals surface area contributed by atoms with E-state index < -0.39 is 5.97 Å². The standard InChI is InChI=1S/C14H18N2O3/c1-10(17)19-13-5-3-2-4-12(13)14(18)16-11-6-8-15-9-7-11/h2-5,11,15H,6-9H2,1H3,(H,16,18). The summed E-state index contributed by atoms with van der Waals surface area (Å²) in [6.45, 7) is 3.15. The third kappa shape index (κ3) is 3.79. The molecule has 1 heterocycles. The van der Waals surface area contributed by atoms with Gasteiger partial charge in [-0.2, -0.15) is 0 Å². The average Bonchev–Trinajstić information content (AvgIpc) is 2.39. The first-order chi connectivity index (χ1) is 9.16. The van der Waals surface area contributed by atoms with Gasteiger partial charge < -0.3 is 15.4 Å². The van der Waals surface area contributed by atoms with Crippen LogP contribution in [0.1, 0.15) is 30.1 Å². The summed E-state index contributed by atoms with van der Waals surface area (Å²) in [4.78, 5) is 23.2. The Kier molecular flexibility index (Phi) is 4.52. The molecule has 0 unspecified atom stereocenters. The summed E-state index contributed by atoms with van der Waals surface area (Å²) in [5.41, 5.74) is 0.399. The first kappa shape index (κ1) is 13.5. The number of amides is 1. The molecule has 0 aliphatic carbocycles. The summed E-state index contributed by atoms with van der Waals surface area (Å²) in [5.74, 6) is -0.313. The maximum absolute atomic E-state index is 12.2. The van der Waals surface area contributed by atoms with Crippen LogP contribution in [0.25, 0.3) is 0 Å². The second-order valence-electron chi connectivity index (χ2n) is 4.59. The third-order valence-corrected chi connectivity index (χ3v) is 3.06. The van der Waals surface area contributed by atoms with Crippen molar-refractivity contribution < 1.29 is 14.3 Å². The summed E-state index contributed by atoms with van der Waals surface area (Å²) in [5, 5.41) is 6.22. The summed E-state index contributed by atoms with van der Waals surface area (Å²) < 4.78 is 5.04. The molecule has 1 aliphatic rings. The molecular formula is C14H18N2O3. The maximum Gasteiger partial charge on any atom is 0.308 e. The number of carbonyl (C=O) groups excluding carboxylic acids is 2. The van der Waals surface area contributed by atoms with Gasteiger partial charge in [-0.3, -0.25) is 9.59 Å². The molecule has 0 saturated carbocycles. The molecule has 5 heteroatoms. The average molecular weight is 262 g/mol. The lowest BCUT2D eigenvalue weighted by atomic mass is 10.1. The lowest BCUT2D eigenvalue weighted by Gasteiger charge is -2.24. The van der Waals surface area contributed by atoms with E-state index in [9.17, 15) is 9.59 Å². The Bertz CT molecular complexity index is 468. The van der Waals surface area contributed by atoms with Crippen LogP contribution in [0.3, 0.4) is 0 Å². The second-order valence-corrected chi connectivity index (χ2v) is 4.59. The van der Waals surface area contributed by atoms with E-state index >= 15 is 0 Å². The molecule has 1 aliphatic heterocycles. The largest absolute Gasteiger partial charge is 0.426 e. The minimum Gasteiger partial charge on any atom is -0.426 e. The van der Waals surface area contributed by atoms with Gasteiger partial charge in [-0.15, -0.1) is 0 Å². The smallest absolute Gasteiger partial charge is 0.308 e. The molecule has 19 heavy (non-hydrogen) atoms. The fourth-order valence-corrected chi connectivity index (χ4v) is 2.13. The molecule has 1 saturated heterocycles. The number of hydrogen-bond donors (Lipinski definition) is 2. The lowest BCUT2D eigenvalue weighted by Crippen LogP contribution is -2.42. The zero-order valence-electron chi connectivity index (χ0n) is 10.9. The summed E-state index contributed by atoms with van der Waals surface area (Å²) in [6.07, 6.45) is 1.84. The molecule has 1 fully saturated rings. The van der Waals surface area contributed by atoms with Crippen LogP contribution in [0.15, 0.2) is 24.3 Å². The van der Waals surface area contributed by atoms with Crippen LogP contribution in [-0.4, -0.2) is 31.0 Å². The molecule has 0 bridgehead atoms. The van der Waals surface area contributed by atoms with Crippen molar-refractivity contribution in [1.29, 1.82) is 0 Å². The van der Waals surface area contributed by atoms with E-state index in [1.807, 2.05) is 0 Å². The van der Waals surface area contributed by atoms with Crippen molar-refractivity contribution in [2.75, 3.05) is 13.1 Å². The number of carbonyl (C=O) groups is 2. The Hall–Kier alpha value is -1.88. The third-order valence-electron chi connectivity index (χ3n) is 3.06. The highest BCUT2D eigenvalue weighted by Crippen LogP contribution is 2.18. The highest BCUT2D eigenvalue weighted by molar-refractivity contribution is 5.97. The quantitative estimate of drug-likeness (QED) is 0.632. The Morgan fingerprint density at radius 3 is 2.63 bits per heavy atom. The molecule has 2 N–H and O–H groups in total. The molecule has 2 rings (SSSR count). The molecule has 102 valence electrons. The Morgan fingerprint density at radius 2 is 1.95 bits per heavy atom. The summed E-state index contributed by atoms with van der Waals surface area (Å²) in [6, 6.07) is 6.95. The van der Waals surface area contributed by atoms with Crippen LogP contribution in [0.5, 0.6) is 5.75 Å². The van der Waals surface area contributed by atoms with Crippen molar-refractivity contribution in [3.05, 3.63) is 29.8 Å². The Balaban J connectivity index is 2.07. The fourth-order valence-electron chi connectivity index (χ4n) is 2.13. The van der Waals surface area contributed by atoms with E-state index in [4.69, 9.17) is 4.74 Å². The van der Waals surface area contributed by atoms with Crippen molar-refractivity contribution in [2.24, 2.45) is 0 Å². The van der Waals surface area contributed by atoms with Gasteiger partial charge in [0.1, 0.15) is 5.75 Å². The number of esters is 1. The van der Waals surface area contributed by atoms with Gasteiger partial charge in [-0.05, 0) is 38.1 Å². The number of rotatable bonds is 3. The van der Waals surface area contributed by atoms with Crippen LogP contribution in [0.4, 0.5) is 0 Å². The van der Waals surface area contributed by atoms with Crippen molar-refractivity contribution in [3.8, 4) is 5.75 Å². The molecule has 0 aromatic heterocycles. The molecule has 0 radical (unpaired) electrons. The maximum atomic E-state index is 12.2. The van der Waals surface area contributed by atoms with Gasteiger partial charge in [0.05, 0.1) is 5.56 Å². The molecular weight excluding hydrogens is 244 g/mol. The van der Waals surface area contributed by atoms with Crippen LogP contribution in [0.2, 0.25) is 0 Å². The molecule has 0 atom stereocenters. The highest BCUT2D eigenvalue weighted by Gasteiger charge is 2.19. The number of para-hydroxylation sites is 1. The van der Waals surface area contributed by atoms with E-state index in [2.05, 4.69) is 10.6 Å². The van der Waals surface area contributed by atoms with Crippen LogP contribution >= 0.6 is 0 Å². The zero-order valence-corrected chi connectivity index (χ0v) is 10.9. The monoisotopic (exact) mass is 262 g/mol. The van der Waals surface area contributed by atoms with Crippen LogP contribution < -0.4 is 15.4 Å². The van der Waals surface area contributed by atoms with Crippen molar-refractivity contribution in [1.82, 2.24) is 10.6 Å². The zero-order chi connectivity index (χ0) is 13.7. The fraction of sp³-hybridized carbons (Fsp3) is 0.429. The molecule has 1 aromatic carbocycles. The van der Waals surface area contributed by atoms with Gasteiger partial charge in [0.15, 0.2) is 0 Å². The predicted molar refractivity (Wildman–Crippen MR) is 71.1 cm³/mol. The lowest BCUT2D eigenvalue weighted by molar-refractivity contribution is -0.131. The molecule has 0 spiro atoms. The van der Waals surface area contributed by atoms with E-state index in [0.717, 1.165) is 25.9 Å². The predicted octanol–water partition coefficient (Wildman–Crippen LogP) is 1.09. The summed E-state index contributed by atoms with van der Waals surface area (Å²) >= 11 is 0. The van der Waals surface area contributed by atoms with Gasteiger partial charge in [-0.25, -0.2) is 0 Å². The topological polar surface area (TPSA) is 67.4 Å². The molecule has 1 aromatic rings. The summed E-state index contributed by atoms with van der Waals surface area (Å²) in [7, 11) is 0. The SMILES string of the molecule is CC(=O)Oc1ccccc1C(=O)NC1CCNCC1. The van der Waals surface area contributed by atoms with E-state index in [1.54, 1.807) is 24.3 Å². The minimum atomic E-state index is -0.429. The van der Waals surface area contributed by atoms with Gasteiger partial charge >= 0.3 is 5.97 Å². The first-order valence-electron chi connectivity index (χ1n) is 6.46. The number of nitrogens with one attached hydrogen (secondary N) is 2. The molecule has 1 amide bonds. The normalized spacial score (nSPS) is 15.8. The van der Waals surface area contributed by atoms with Gasteiger partial charge in [0.2, 0.25) is 0 Å². The highest BCUT2D eigenvalue weighted by atomic mass is 16.5. The Labute approximate surface area is 112 Å². The second kappa shape index (κ2) is 6.33. The van der Waals surface area contributed by atoms with E-state index in [0.29, 0.717) is 11.3 Å². The van der Waals surface area contributed by atoms with Gasteiger partial charge in [-0.1, -0.05) is 12.1 Å². The van der Waals surface area contributed by atoms with Gasteiger partial charge in [0.25, 0.3) is 5.91 Å². The van der Waals surface area contributed by atoms with E-state index in [-0.39, 0.29) is 11.9 Å². The van der Waals surface area contributed by atoms with Gasteiger partial charge in [0, 0.05) is 13.0 Å². The van der Waals surface area contributed by atoms with E-state index in [1.165, 1.54) is 6.92 Å². The minimum absolute atomic E-state index is 0.180. The van der Waals surface area contributed by atoms with Crippen LogP contribution in [-0.2, 0) is 4.79 Å². The number of piperidine rings is 1. The molecule has 5 nitrogen and oxygen atoms in total. The van der Waals surface area contributed by atoms with Crippen molar-refractivity contribution in [3.63, 3.8) is 0 Å². The number of hydrogen-bond acceptors (Lipinski definition) is 4. The number of benzene rings is 1. The Morgan fingerprint density at radius 1 is 1.26 bits per heavy atom. The van der Waals surface area contributed by atoms with Crippen molar-refractivity contribution >= 4 is 11.9 Å². The van der Waals surface area contributed by atoms with Crippen LogP contribution in [0, 0.1) is 0 Å². The van der Waals surface area contributed by atoms with Crippen molar-refractivity contribution in [2.45, 2.75) is 25.8 Å².